The van der Waals surface area contributed by atoms with Crippen molar-refractivity contribution in [2.75, 3.05) is 19.6 Å². The molecule has 0 radical (unpaired) electrons. The number of piperidine rings is 1. The minimum atomic E-state index is -0.0879. The number of nitrogens with zero attached hydrogens (tertiary/aromatic N) is 1. The summed E-state index contributed by atoms with van der Waals surface area (Å²) in [5.74, 6) is 0.612. The molecule has 3 amide bonds. The van der Waals surface area contributed by atoms with Gasteiger partial charge < -0.3 is 15.5 Å². The van der Waals surface area contributed by atoms with E-state index in [0.717, 1.165) is 51.6 Å². The number of rotatable bonds is 6. The number of amides is 3. The summed E-state index contributed by atoms with van der Waals surface area (Å²) in [6.07, 6.45) is 5.74. The van der Waals surface area contributed by atoms with Crippen LogP contribution in [0.25, 0.3) is 0 Å². The van der Waals surface area contributed by atoms with Crippen LogP contribution in [0.1, 0.15) is 37.7 Å². The van der Waals surface area contributed by atoms with Crippen LogP contribution < -0.4 is 10.6 Å². The lowest BCUT2D eigenvalue weighted by atomic mass is 10.0. The zero-order valence-electron chi connectivity index (χ0n) is 14.2. The second-order valence-electron chi connectivity index (χ2n) is 6.86. The van der Waals surface area contributed by atoms with Gasteiger partial charge in [0.25, 0.3) is 0 Å². The highest BCUT2D eigenvalue weighted by atomic mass is 16.2. The minimum absolute atomic E-state index is 0.0879. The first kappa shape index (κ1) is 16.8. The molecule has 1 aliphatic heterocycles. The summed E-state index contributed by atoms with van der Waals surface area (Å²) in [6.45, 7) is 2.22. The Bertz CT molecular complexity index is 549. The maximum absolute atomic E-state index is 12.0. The Balaban J connectivity index is 1.28. The van der Waals surface area contributed by atoms with E-state index in [0.29, 0.717) is 18.4 Å². The van der Waals surface area contributed by atoms with Crippen molar-refractivity contribution < 1.29 is 9.59 Å². The van der Waals surface area contributed by atoms with E-state index >= 15 is 0 Å². The molecular weight excluding hydrogens is 302 g/mol. The Morgan fingerprint density at radius 2 is 1.75 bits per heavy atom. The molecule has 0 atom stereocenters. The summed E-state index contributed by atoms with van der Waals surface area (Å²) < 4.78 is 0. The Labute approximate surface area is 143 Å². The fraction of sp³-hybridized carbons (Fsp3) is 0.579. The fourth-order valence-electron chi connectivity index (χ4n) is 3.21. The Morgan fingerprint density at radius 1 is 1.04 bits per heavy atom. The molecule has 24 heavy (non-hydrogen) atoms. The SMILES string of the molecule is O=C(NCCCc1ccccc1)NC1CCN(C(=O)C2CC2)CC1. The van der Waals surface area contributed by atoms with Gasteiger partial charge in [-0.15, -0.1) is 0 Å². The number of aryl methyl sites for hydroxylation is 1. The molecule has 1 aliphatic carbocycles. The molecule has 2 N–H and O–H groups in total. The van der Waals surface area contributed by atoms with E-state index in [4.69, 9.17) is 0 Å². The van der Waals surface area contributed by atoms with Gasteiger partial charge in [-0.3, -0.25) is 4.79 Å². The number of hydrogen-bond donors (Lipinski definition) is 2. The second kappa shape index (κ2) is 8.18. The summed E-state index contributed by atoms with van der Waals surface area (Å²) in [5.41, 5.74) is 1.30. The molecule has 1 saturated heterocycles. The molecule has 130 valence electrons. The summed E-state index contributed by atoms with van der Waals surface area (Å²) in [4.78, 5) is 25.9. The molecule has 5 nitrogen and oxygen atoms in total. The number of carbonyl (C=O) groups excluding carboxylic acids is 2. The van der Waals surface area contributed by atoms with Gasteiger partial charge in [-0.25, -0.2) is 4.79 Å². The van der Waals surface area contributed by atoms with Gasteiger partial charge in [0.1, 0.15) is 0 Å². The average molecular weight is 329 g/mol. The topological polar surface area (TPSA) is 61.4 Å². The Morgan fingerprint density at radius 3 is 2.42 bits per heavy atom. The van der Waals surface area contributed by atoms with Crippen LogP contribution in [0.3, 0.4) is 0 Å². The molecule has 1 aromatic carbocycles. The number of urea groups is 1. The van der Waals surface area contributed by atoms with Gasteiger partial charge in [0.2, 0.25) is 5.91 Å². The summed E-state index contributed by atoms with van der Waals surface area (Å²) in [7, 11) is 0. The number of carbonyl (C=O) groups is 2. The van der Waals surface area contributed by atoms with Crippen LogP contribution in [0.5, 0.6) is 0 Å². The van der Waals surface area contributed by atoms with Gasteiger partial charge in [-0.05, 0) is 44.1 Å². The number of hydrogen-bond acceptors (Lipinski definition) is 2. The molecule has 0 bridgehead atoms. The van der Waals surface area contributed by atoms with E-state index < -0.39 is 0 Å². The molecule has 1 aromatic rings. The number of nitrogens with one attached hydrogen (secondary N) is 2. The summed E-state index contributed by atoms with van der Waals surface area (Å²) >= 11 is 0. The van der Waals surface area contributed by atoms with E-state index in [1.807, 2.05) is 23.1 Å². The van der Waals surface area contributed by atoms with Crippen molar-refractivity contribution >= 4 is 11.9 Å². The van der Waals surface area contributed by atoms with E-state index in [1.165, 1.54) is 5.56 Å². The normalized spacial score (nSPS) is 18.2. The Kier molecular flexibility index (Phi) is 5.72. The molecular formula is C19H27N3O2. The van der Waals surface area contributed by atoms with Crippen LogP contribution in [-0.2, 0) is 11.2 Å². The highest BCUT2D eigenvalue weighted by Gasteiger charge is 2.35. The van der Waals surface area contributed by atoms with Gasteiger partial charge in [-0.1, -0.05) is 30.3 Å². The highest BCUT2D eigenvalue weighted by Crippen LogP contribution is 2.31. The van der Waals surface area contributed by atoms with E-state index in [-0.39, 0.29) is 12.1 Å². The molecule has 2 fully saturated rings. The van der Waals surface area contributed by atoms with Gasteiger partial charge in [0.05, 0.1) is 0 Å². The van der Waals surface area contributed by atoms with E-state index in [9.17, 15) is 9.59 Å². The quantitative estimate of drug-likeness (QED) is 0.787. The van der Waals surface area contributed by atoms with Crippen LogP contribution in [0, 0.1) is 5.92 Å². The standard InChI is InChI=1S/C19H27N3O2/c23-18(16-8-9-16)22-13-10-17(11-14-22)21-19(24)20-12-4-7-15-5-2-1-3-6-15/h1-3,5-6,16-17H,4,7-14H2,(H2,20,21,24). The zero-order valence-corrected chi connectivity index (χ0v) is 14.2. The smallest absolute Gasteiger partial charge is 0.315 e. The Hall–Kier alpha value is -2.04. The van der Waals surface area contributed by atoms with Crippen molar-refractivity contribution in [1.82, 2.24) is 15.5 Å². The van der Waals surface area contributed by atoms with Gasteiger partial charge in [0, 0.05) is 31.6 Å². The van der Waals surface area contributed by atoms with E-state index in [2.05, 4.69) is 22.8 Å². The van der Waals surface area contributed by atoms with Crippen molar-refractivity contribution in [2.45, 2.75) is 44.6 Å². The third kappa shape index (κ3) is 4.98. The molecule has 1 heterocycles. The first-order valence-electron chi connectivity index (χ1n) is 9.09. The van der Waals surface area contributed by atoms with Gasteiger partial charge in [-0.2, -0.15) is 0 Å². The molecule has 0 spiro atoms. The maximum Gasteiger partial charge on any atom is 0.315 e. The predicted octanol–water partition coefficient (Wildman–Crippen LogP) is 2.32. The van der Waals surface area contributed by atoms with Crippen molar-refractivity contribution in [3.63, 3.8) is 0 Å². The third-order valence-corrected chi connectivity index (χ3v) is 4.84. The van der Waals surface area contributed by atoms with Gasteiger partial charge in [0.15, 0.2) is 0 Å². The lowest BCUT2D eigenvalue weighted by Crippen LogP contribution is -2.49. The second-order valence-corrected chi connectivity index (χ2v) is 6.86. The van der Waals surface area contributed by atoms with Crippen molar-refractivity contribution in [3.05, 3.63) is 35.9 Å². The third-order valence-electron chi connectivity index (χ3n) is 4.84. The molecule has 2 aliphatic rings. The molecule has 1 saturated carbocycles. The van der Waals surface area contributed by atoms with Gasteiger partial charge >= 0.3 is 6.03 Å². The largest absolute Gasteiger partial charge is 0.342 e. The molecule has 3 rings (SSSR count). The zero-order chi connectivity index (χ0) is 16.8. The van der Waals surface area contributed by atoms with Crippen molar-refractivity contribution in [3.8, 4) is 0 Å². The fourth-order valence-corrected chi connectivity index (χ4v) is 3.21. The maximum atomic E-state index is 12.0. The predicted molar refractivity (Wildman–Crippen MR) is 93.6 cm³/mol. The summed E-state index contributed by atoms with van der Waals surface area (Å²) in [6, 6.07) is 10.4. The molecule has 0 aromatic heterocycles. The first-order chi connectivity index (χ1) is 11.7. The average Bonchev–Trinajstić information content (AvgIpc) is 3.45. The lowest BCUT2D eigenvalue weighted by Gasteiger charge is -2.32. The minimum Gasteiger partial charge on any atom is -0.342 e. The van der Waals surface area contributed by atoms with Crippen LogP contribution in [-0.4, -0.2) is 42.5 Å². The van der Waals surface area contributed by atoms with Crippen LogP contribution in [0.2, 0.25) is 0 Å². The van der Waals surface area contributed by atoms with Crippen LogP contribution >= 0.6 is 0 Å². The van der Waals surface area contributed by atoms with Crippen LogP contribution in [0.15, 0.2) is 30.3 Å². The summed E-state index contributed by atoms with van der Waals surface area (Å²) in [5, 5.41) is 5.97. The first-order valence-corrected chi connectivity index (χ1v) is 9.09. The molecule has 0 unspecified atom stereocenters. The van der Waals surface area contributed by atoms with Crippen molar-refractivity contribution in [2.24, 2.45) is 5.92 Å². The molecule has 5 heteroatoms. The highest BCUT2D eigenvalue weighted by molar-refractivity contribution is 5.81. The van der Waals surface area contributed by atoms with E-state index in [1.54, 1.807) is 0 Å². The van der Waals surface area contributed by atoms with Crippen LogP contribution in [0.4, 0.5) is 4.79 Å². The lowest BCUT2D eigenvalue weighted by molar-refractivity contribution is -0.133. The monoisotopic (exact) mass is 329 g/mol. The number of likely N-dealkylation sites (tertiary alicyclic amines) is 1. The number of benzene rings is 1. The van der Waals surface area contributed by atoms with Crippen molar-refractivity contribution in [1.29, 1.82) is 0 Å².